The first-order valence-corrected chi connectivity index (χ1v) is 8.16. The first-order valence-electron chi connectivity index (χ1n) is 8.16. The number of carbonyl (C=O) groups excluding carboxylic acids is 2. The maximum absolute atomic E-state index is 12.7. The van der Waals surface area contributed by atoms with Crippen LogP contribution < -0.4 is 4.90 Å². The van der Waals surface area contributed by atoms with E-state index in [1.165, 1.54) is 4.90 Å². The molecule has 4 rings (SSSR count). The second kappa shape index (κ2) is 5.67. The van der Waals surface area contributed by atoms with Gasteiger partial charge in [0.05, 0.1) is 17.7 Å². The Kier molecular flexibility index (Phi) is 3.49. The van der Waals surface area contributed by atoms with Crippen LogP contribution in [-0.2, 0) is 6.54 Å². The average molecular weight is 322 g/mol. The summed E-state index contributed by atoms with van der Waals surface area (Å²) in [5.74, 6) is -0.337. The van der Waals surface area contributed by atoms with Gasteiger partial charge in [-0.2, -0.15) is 0 Å². The third-order valence-corrected chi connectivity index (χ3v) is 4.70. The summed E-state index contributed by atoms with van der Waals surface area (Å²) < 4.78 is 0. The summed E-state index contributed by atoms with van der Waals surface area (Å²) in [6.45, 7) is 2.21. The number of hydrogen-bond donors (Lipinski definition) is 1. The molecule has 2 aromatic carbocycles. The molecule has 0 aromatic heterocycles. The monoisotopic (exact) mass is 322 g/mol. The molecule has 2 aliphatic rings. The molecule has 24 heavy (non-hydrogen) atoms. The molecule has 2 aromatic rings. The van der Waals surface area contributed by atoms with Crippen LogP contribution in [0, 0.1) is 0 Å². The molecule has 0 bridgehead atoms. The molecule has 5 nitrogen and oxygen atoms in total. The molecule has 0 aliphatic carbocycles. The standard InChI is InChI=1S/C19H18N2O3/c22-15-6-3-13(4-7-15)12-21-18(23)16-8-5-14(11-17(16)19(21)24)20-9-1-2-10-20/h3-8,11,22H,1-2,9-10,12H2. The number of hydrogen-bond acceptors (Lipinski definition) is 4. The van der Waals surface area contributed by atoms with Crippen LogP contribution in [-0.4, -0.2) is 34.9 Å². The quantitative estimate of drug-likeness (QED) is 0.883. The fourth-order valence-corrected chi connectivity index (χ4v) is 3.38. The minimum absolute atomic E-state index is 0.163. The van der Waals surface area contributed by atoms with E-state index in [9.17, 15) is 14.7 Å². The van der Waals surface area contributed by atoms with E-state index < -0.39 is 0 Å². The third-order valence-electron chi connectivity index (χ3n) is 4.70. The molecule has 0 radical (unpaired) electrons. The van der Waals surface area contributed by atoms with Crippen molar-refractivity contribution >= 4 is 17.5 Å². The Morgan fingerprint density at radius 2 is 1.54 bits per heavy atom. The molecule has 0 atom stereocenters. The van der Waals surface area contributed by atoms with Crippen LogP contribution >= 0.6 is 0 Å². The lowest BCUT2D eigenvalue weighted by molar-refractivity contribution is 0.0642. The number of phenols is 1. The van der Waals surface area contributed by atoms with Gasteiger partial charge in [0.2, 0.25) is 0 Å². The highest BCUT2D eigenvalue weighted by atomic mass is 16.3. The Labute approximate surface area is 140 Å². The fraction of sp³-hybridized carbons (Fsp3) is 0.263. The number of phenolic OH excluding ortho intramolecular Hbond substituents is 1. The van der Waals surface area contributed by atoms with Gasteiger partial charge in [-0.15, -0.1) is 0 Å². The molecule has 2 heterocycles. The fourth-order valence-electron chi connectivity index (χ4n) is 3.38. The predicted molar refractivity (Wildman–Crippen MR) is 90.2 cm³/mol. The van der Waals surface area contributed by atoms with E-state index in [0.29, 0.717) is 11.1 Å². The van der Waals surface area contributed by atoms with Crippen LogP contribution in [0.25, 0.3) is 0 Å². The SMILES string of the molecule is O=C1c2ccc(N3CCCC3)cc2C(=O)N1Cc1ccc(O)cc1. The number of nitrogens with zero attached hydrogens (tertiary/aromatic N) is 2. The van der Waals surface area contributed by atoms with Crippen LogP contribution in [0.4, 0.5) is 5.69 Å². The van der Waals surface area contributed by atoms with E-state index in [-0.39, 0.29) is 24.1 Å². The summed E-state index contributed by atoms with van der Waals surface area (Å²) in [6, 6.07) is 12.1. The molecule has 2 aliphatic heterocycles. The van der Waals surface area contributed by atoms with Crippen LogP contribution in [0.2, 0.25) is 0 Å². The van der Waals surface area contributed by atoms with Crippen molar-refractivity contribution in [3.05, 3.63) is 59.2 Å². The highest BCUT2D eigenvalue weighted by Crippen LogP contribution is 2.30. The van der Waals surface area contributed by atoms with Gasteiger partial charge in [0.1, 0.15) is 5.75 Å². The second-order valence-corrected chi connectivity index (χ2v) is 6.29. The number of anilines is 1. The van der Waals surface area contributed by atoms with Gasteiger partial charge in [0.15, 0.2) is 0 Å². The number of benzene rings is 2. The third kappa shape index (κ3) is 2.42. The van der Waals surface area contributed by atoms with E-state index in [1.54, 1.807) is 30.3 Å². The van der Waals surface area contributed by atoms with Crippen LogP contribution in [0.15, 0.2) is 42.5 Å². The predicted octanol–water partition coefficient (Wildman–Crippen LogP) is 2.79. The first-order chi connectivity index (χ1) is 11.6. The van der Waals surface area contributed by atoms with Gasteiger partial charge in [-0.05, 0) is 48.7 Å². The number of aromatic hydroxyl groups is 1. The van der Waals surface area contributed by atoms with Gasteiger partial charge in [-0.3, -0.25) is 14.5 Å². The number of fused-ring (bicyclic) bond motifs is 1. The second-order valence-electron chi connectivity index (χ2n) is 6.29. The number of rotatable bonds is 3. The molecule has 1 N–H and O–H groups in total. The van der Waals surface area contributed by atoms with Gasteiger partial charge >= 0.3 is 0 Å². The Morgan fingerprint density at radius 1 is 0.875 bits per heavy atom. The normalized spacial score (nSPS) is 16.8. The maximum Gasteiger partial charge on any atom is 0.261 e. The topological polar surface area (TPSA) is 60.9 Å². The van der Waals surface area contributed by atoms with E-state index in [0.717, 1.165) is 37.2 Å². The Hall–Kier alpha value is -2.82. The molecule has 122 valence electrons. The lowest BCUT2D eigenvalue weighted by Gasteiger charge is -2.17. The van der Waals surface area contributed by atoms with Crippen LogP contribution in [0.5, 0.6) is 5.75 Å². The minimum atomic E-state index is -0.254. The zero-order chi connectivity index (χ0) is 16.7. The van der Waals surface area contributed by atoms with Gasteiger partial charge in [-0.1, -0.05) is 12.1 Å². The van der Waals surface area contributed by atoms with Crippen molar-refractivity contribution in [2.75, 3.05) is 18.0 Å². The van der Waals surface area contributed by atoms with Crippen molar-refractivity contribution in [2.24, 2.45) is 0 Å². The number of amides is 2. The largest absolute Gasteiger partial charge is 0.508 e. The Balaban J connectivity index is 1.61. The summed E-state index contributed by atoms with van der Waals surface area (Å²) in [6.07, 6.45) is 2.33. The highest BCUT2D eigenvalue weighted by Gasteiger charge is 2.36. The molecular weight excluding hydrogens is 304 g/mol. The summed E-state index contributed by atoms with van der Waals surface area (Å²) in [4.78, 5) is 28.8. The molecule has 0 unspecified atom stereocenters. The maximum atomic E-state index is 12.7. The van der Waals surface area contributed by atoms with Crippen molar-refractivity contribution < 1.29 is 14.7 Å². The zero-order valence-corrected chi connectivity index (χ0v) is 13.2. The molecule has 0 spiro atoms. The number of carbonyl (C=O) groups is 2. The van der Waals surface area contributed by atoms with E-state index in [1.807, 2.05) is 12.1 Å². The van der Waals surface area contributed by atoms with Gasteiger partial charge < -0.3 is 10.0 Å². The molecular formula is C19H18N2O3. The average Bonchev–Trinajstić information content (AvgIpc) is 3.20. The summed E-state index contributed by atoms with van der Waals surface area (Å²) >= 11 is 0. The van der Waals surface area contributed by atoms with E-state index >= 15 is 0 Å². The van der Waals surface area contributed by atoms with Crippen molar-refractivity contribution in [3.63, 3.8) is 0 Å². The molecule has 2 amide bonds. The Morgan fingerprint density at radius 3 is 2.25 bits per heavy atom. The molecule has 1 fully saturated rings. The van der Waals surface area contributed by atoms with Crippen LogP contribution in [0.1, 0.15) is 39.1 Å². The lowest BCUT2D eigenvalue weighted by atomic mass is 10.1. The van der Waals surface area contributed by atoms with Crippen molar-refractivity contribution in [3.8, 4) is 5.75 Å². The lowest BCUT2D eigenvalue weighted by Crippen LogP contribution is -2.29. The summed E-state index contributed by atoms with van der Waals surface area (Å²) in [7, 11) is 0. The van der Waals surface area contributed by atoms with Crippen LogP contribution in [0.3, 0.4) is 0 Å². The summed E-state index contributed by atoms with van der Waals surface area (Å²) in [5.41, 5.74) is 2.78. The summed E-state index contributed by atoms with van der Waals surface area (Å²) in [5, 5.41) is 9.35. The van der Waals surface area contributed by atoms with Crippen molar-refractivity contribution in [1.29, 1.82) is 0 Å². The first kappa shape index (κ1) is 14.8. The zero-order valence-electron chi connectivity index (χ0n) is 13.2. The van der Waals surface area contributed by atoms with E-state index in [2.05, 4.69) is 4.90 Å². The Bertz CT molecular complexity index is 808. The smallest absolute Gasteiger partial charge is 0.261 e. The molecule has 1 saturated heterocycles. The van der Waals surface area contributed by atoms with Crippen molar-refractivity contribution in [2.45, 2.75) is 19.4 Å². The molecule has 5 heteroatoms. The van der Waals surface area contributed by atoms with Gasteiger partial charge in [-0.25, -0.2) is 0 Å². The number of imide groups is 1. The van der Waals surface area contributed by atoms with Gasteiger partial charge in [0.25, 0.3) is 11.8 Å². The minimum Gasteiger partial charge on any atom is -0.508 e. The van der Waals surface area contributed by atoms with E-state index in [4.69, 9.17) is 0 Å². The highest BCUT2D eigenvalue weighted by molar-refractivity contribution is 6.21. The van der Waals surface area contributed by atoms with Crippen molar-refractivity contribution in [1.82, 2.24) is 4.90 Å². The van der Waals surface area contributed by atoms with Gasteiger partial charge in [0, 0.05) is 18.8 Å². The molecule has 0 saturated carbocycles.